The second-order valence-electron chi connectivity index (χ2n) is 5.72. The Morgan fingerprint density at radius 3 is 2.76 bits per heavy atom. The van der Waals surface area contributed by atoms with Crippen LogP contribution in [0.25, 0.3) is 0 Å². The number of hydrogen-bond acceptors (Lipinski definition) is 4. The third-order valence-electron chi connectivity index (χ3n) is 4.27. The van der Waals surface area contributed by atoms with Crippen LogP contribution in [-0.4, -0.2) is 31.5 Å². The van der Waals surface area contributed by atoms with Gasteiger partial charge in [0.1, 0.15) is 5.82 Å². The fourth-order valence-corrected chi connectivity index (χ4v) is 2.62. The number of nitrogens with one attached hydrogen (secondary N) is 1. The van der Waals surface area contributed by atoms with Crippen LogP contribution in [0.4, 0.5) is 4.39 Å². The van der Waals surface area contributed by atoms with Crippen molar-refractivity contribution in [1.82, 2.24) is 5.32 Å². The number of aliphatic hydroxyl groups excluding tert-OH is 1. The van der Waals surface area contributed by atoms with Gasteiger partial charge in [0.25, 0.3) is 0 Å². The summed E-state index contributed by atoms with van der Waals surface area (Å²) in [6.45, 7) is 3.91. The number of nitriles is 1. The van der Waals surface area contributed by atoms with E-state index in [-0.39, 0.29) is 23.9 Å². The summed E-state index contributed by atoms with van der Waals surface area (Å²) >= 11 is 0. The minimum atomic E-state index is -0.376. The Morgan fingerprint density at radius 1 is 1.48 bits per heavy atom. The van der Waals surface area contributed by atoms with E-state index in [2.05, 4.69) is 5.32 Å². The molecule has 0 saturated carbocycles. The monoisotopic (exact) mass is 292 g/mol. The zero-order valence-electron chi connectivity index (χ0n) is 12.2. The average Bonchev–Trinajstić information content (AvgIpc) is 2.53. The molecule has 0 aromatic heterocycles. The van der Waals surface area contributed by atoms with Crippen molar-refractivity contribution >= 4 is 0 Å². The van der Waals surface area contributed by atoms with E-state index >= 15 is 0 Å². The lowest BCUT2D eigenvalue weighted by Gasteiger charge is -2.36. The predicted octanol–water partition coefficient (Wildman–Crippen LogP) is 2.14. The topological polar surface area (TPSA) is 65.3 Å². The molecule has 1 atom stereocenters. The van der Waals surface area contributed by atoms with E-state index in [1.54, 1.807) is 12.1 Å². The van der Waals surface area contributed by atoms with E-state index in [0.717, 1.165) is 12.8 Å². The molecule has 0 radical (unpaired) electrons. The number of rotatable bonds is 5. The van der Waals surface area contributed by atoms with Crippen molar-refractivity contribution in [2.75, 3.05) is 26.4 Å². The smallest absolute Gasteiger partial charge is 0.129 e. The van der Waals surface area contributed by atoms with E-state index in [1.807, 2.05) is 13.0 Å². The molecule has 1 aromatic carbocycles. The fourth-order valence-electron chi connectivity index (χ4n) is 2.62. The Labute approximate surface area is 124 Å². The highest BCUT2D eigenvalue weighted by Gasteiger charge is 2.32. The molecule has 4 nitrogen and oxygen atoms in total. The van der Waals surface area contributed by atoms with Gasteiger partial charge in [0.15, 0.2) is 0 Å². The molecule has 0 amide bonds. The van der Waals surface area contributed by atoms with Crippen LogP contribution >= 0.6 is 0 Å². The SMILES string of the molecule is CC(NCC1(CO)CCOCC1)c1ccc(C#N)cc1F. The van der Waals surface area contributed by atoms with Gasteiger partial charge in [0.2, 0.25) is 0 Å². The molecular weight excluding hydrogens is 271 g/mol. The lowest BCUT2D eigenvalue weighted by atomic mass is 9.80. The van der Waals surface area contributed by atoms with Crippen molar-refractivity contribution in [2.45, 2.75) is 25.8 Å². The van der Waals surface area contributed by atoms with Gasteiger partial charge in [-0.25, -0.2) is 4.39 Å². The third kappa shape index (κ3) is 3.79. The summed E-state index contributed by atoms with van der Waals surface area (Å²) in [7, 11) is 0. The standard InChI is InChI=1S/C16H21FN2O2/c1-12(14-3-2-13(9-18)8-15(14)17)19-10-16(11-20)4-6-21-7-5-16/h2-3,8,12,19-20H,4-7,10-11H2,1H3. The van der Waals surface area contributed by atoms with Gasteiger partial charge in [-0.2, -0.15) is 5.26 Å². The van der Waals surface area contributed by atoms with Gasteiger partial charge in [0, 0.05) is 36.8 Å². The molecule has 0 bridgehead atoms. The van der Waals surface area contributed by atoms with Crippen molar-refractivity contribution in [3.63, 3.8) is 0 Å². The lowest BCUT2D eigenvalue weighted by Crippen LogP contribution is -2.42. The maximum Gasteiger partial charge on any atom is 0.129 e. The molecule has 0 aliphatic carbocycles. The van der Waals surface area contributed by atoms with Gasteiger partial charge < -0.3 is 15.2 Å². The van der Waals surface area contributed by atoms with E-state index in [4.69, 9.17) is 10.00 Å². The molecule has 2 N–H and O–H groups in total. The number of hydrogen-bond donors (Lipinski definition) is 2. The lowest BCUT2D eigenvalue weighted by molar-refractivity contribution is -0.0163. The first-order chi connectivity index (χ1) is 10.1. The van der Waals surface area contributed by atoms with Crippen LogP contribution in [-0.2, 0) is 4.74 Å². The highest BCUT2D eigenvalue weighted by molar-refractivity contribution is 5.34. The summed E-state index contributed by atoms with van der Waals surface area (Å²) in [5.74, 6) is -0.376. The summed E-state index contributed by atoms with van der Waals surface area (Å²) in [6.07, 6.45) is 1.61. The van der Waals surface area contributed by atoms with E-state index in [9.17, 15) is 9.50 Å². The Balaban J connectivity index is 2.01. The molecule has 1 unspecified atom stereocenters. The molecule has 21 heavy (non-hydrogen) atoms. The largest absolute Gasteiger partial charge is 0.396 e. The van der Waals surface area contributed by atoms with Crippen LogP contribution in [0.15, 0.2) is 18.2 Å². The maximum atomic E-state index is 14.0. The second-order valence-corrected chi connectivity index (χ2v) is 5.72. The van der Waals surface area contributed by atoms with Crippen LogP contribution in [0, 0.1) is 22.6 Å². The first kappa shape index (κ1) is 15.9. The van der Waals surface area contributed by atoms with Crippen LogP contribution in [0.5, 0.6) is 0 Å². The minimum absolute atomic E-state index is 0.103. The first-order valence-corrected chi connectivity index (χ1v) is 7.22. The van der Waals surface area contributed by atoms with Crippen LogP contribution in [0.1, 0.15) is 36.9 Å². The number of aliphatic hydroxyl groups is 1. The Morgan fingerprint density at radius 2 is 2.19 bits per heavy atom. The van der Waals surface area contributed by atoms with Crippen molar-refractivity contribution in [1.29, 1.82) is 5.26 Å². The molecule has 1 aliphatic rings. The summed E-state index contributed by atoms with van der Waals surface area (Å²) < 4.78 is 19.3. The molecule has 1 aromatic rings. The van der Waals surface area contributed by atoms with E-state index in [1.165, 1.54) is 6.07 Å². The van der Waals surface area contributed by atoms with Gasteiger partial charge in [-0.3, -0.25) is 0 Å². The number of halogens is 1. The molecule has 1 heterocycles. The molecule has 0 spiro atoms. The van der Waals surface area contributed by atoms with Gasteiger partial charge in [-0.1, -0.05) is 6.07 Å². The molecular formula is C16H21FN2O2. The molecule has 1 saturated heterocycles. The fraction of sp³-hybridized carbons (Fsp3) is 0.562. The molecule has 114 valence electrons. The highest BCUT2D eigenvalue weighted by atomic mass is 19.1. The summed E-state index contributed by atoms with van der Waals surface area (Å²) in [4.78, 5) is 0. The molecule has 2 rings (SSSR count). The highest BCUT2D eigenvalue weighted by Crippen LogP contribution is 2.30. The zero-order valence-corrected chi connectivity index (χ0v) is 12.2. The van der Waals surface area contributed by atoms with Crippen LogP contribution in [0.3, 0.4) is 0 Å². The van der Waals surface area contributed by atoms with Crippen molar-refractivity contribution < 1.29 is 14.2 Å². The van der Waals surface area contributed by atoms with Crippen molar-refractivity contribution in [3.05, 3.63) is 35.1 Å². The first-order valence-electron chi connectivity index (χ1n) is 7.22. The molecule has 1 fully saturated rings. The normalized spacial score (nSPS) is 19.0. The predicted molar refractivity (Wildman–Crippen MR) is 77.1 cm³/mol. The maximum absolute atomic E-state index is 14.0. The summed E-state index contributed by atoms with van der Waals surface area (Å²) in [5, 5.41) is 21.7. The van der Waals surface area contributed by atoms with E-state index in [0.29, 0.717) is 30.9 Å². The summed E-state index contributed by atoms with van der Waals surface area (Å²) in [5.41, 5.74) is 0.670. The van der Waals surface area contributed by atoms with Gasteiger partial charge in [-0.05, 0) is 31.9 Å². The Bertz CT molecular complexity index is 521. The van der Waals surface area contributed by atoms with Crippen LogP contribution in [0.2, 0.25) is 0 Å². The summed E-state index contributed by atoms with van der Waals surface area (Å²) in [6, 6.07) is 6.26. The second kappa shape index (κ2) is 6.99. The van der Waals surface area contributed by atoms with Gasteiger partial charge in [0.05, 0.1) is 18.2 Å². The zero-order chi connectivity index (χ0) is 15.3. The number of benzene rings is 1. The average molecular weight is 292 g/mol. The van der Waals surface area contributed by atoms with E-state index < -0.39 is 0 Å². The minimum Gasteiger partial charge on any atom is -0.396 e. The number of nitrogens with zero attached hydrogens (tertiary/aromatic N) is 1. The number of ether oxygens (including phenoxy) is 1. The van der Waals surface area contributed by atoms with Crippen LogP contribution < -0.4 is 5.32 Å². The van der Waals surface area contributed by atoms with Crippen molar-refractivity contribution in [3.8, 4) is 6.07 Å². The van der Waals surface area contributed by atoms with Gasteiger partial charge in [-0.15, -0.1) is 0 Å². The Hall–Kier alpha value is -1.48. The Kier molecular flexibility index (Phi) is 5.29. The quantitative estimate of drug-likeness (QED) is 0.872. The van der Waals surface area contributed by atoms with Gasteiger partial charge >= 0.3 is 0 Å². The molecule has 5 heteroatoms. The third-order valence-corrected chi connectivity index (χ3v) is 4.27. The molecule has 1 aliphatic heterocycles. The van der Waals surface area contributed by atoms with Crippen molar-refractivity contribution in [2.24, 2.45) is 5.41 Å².